The zero-order valence-electron chi connectivity index (χ0n) is 11.2. The fourth-order valence-corrected chi connectivity index (χ4v) is 3.04. The molecule has 0 saturated heterocycles. The third-order valence-electron chi connectivity index (χ3n) is 3.01. The van der Waals surface area contributed by atoms with Gasteiger partial charge in [0.1, 0.15) is 5.82 Å². The van der Waals surface area contributed by atoms with E-state index in [1.165, 1.54) is 44.2 Å². The summed E-state index contributed by atoms with van der Waals surface area (Å²) in [6.45, 7) is 2.21. The molecule has 0 heterocycles. The summed E-state index contributed by atoms with van der Waals surface area (Å²) in [4.78, 5) is 0.738. The van der Waals surface area contributed by atoms with Crippen LogP contribution in [0.3, 0.4) is 0 Å². The van der Waals surface area contributed by atoms with Crippen LogP contribution in [-0.4, -0.2) is 9.96 Å². The average molecular weight is 270 g/mol. The van der Waals surface area contributed by atoms with Gasteiger partial charge in [0.2, 0.25) is 0 Å². The number of unbranched alkanes of at least 4 members (excludes halogenated alkanes) is 6. The van der Waals surface area contributed by atoms with Crippen molar-refractivity contribution in [2.75, 3.05) is 5.75 Å². The Bertz CT molecular complexity index is 348. The van der Waals surface area contributed by atoms with E-state index in [0.29, 0.717) is 5.75 Å². The maximum atomic E-state index is 12.7. The standard InChI is InChI=1S/C15H23FOS/c1-2-3-4-5-6-7-8-13-18(17)15-11-9-14(16)10-12-15/h9-12H,2-8,13H2,1H3. The summed E-state index contributed by atoms with van der Waals surface area (Å²) < 4.78 is 24.6. The first kappa shape index (κ1) is 15.4. The highest BCUT2D eigenvalue weighted by Gasteiger charge is 2.03. The van der Waals surface area contributed by atoms with Crippen molar-refractivity contribution in [1.82, 2.24) is 0 Å². The van der Waals surface area contributed by atoms with Crippen LogP contribution in [0.5, 0.6) is 0 Å². The Morgan fingerprint density at radius 1 is 0.944 bits per heavy atom. The normalized spacial score (nSPS) is 12.6. The summed E-state index contributed by atoms with van der Waals surface area (Å²) in [6.07, 6.45) is 8.58. The van der Waals surface area contributed by atoms with Crippen molar-refractivity contribution in [2.45, 2.75) is 56.8 Å². The zero-order chi connectivity index (χ0) is 13.2. The number of rotatable bonds is 9. The molecule has 1 atom stereocenters. The molecule has 1 nitrogen and oxygen atoms in total. The van der Waals surface area contributed by atoms with Crippen molar-refractivity contribution in [2.24, 2.45) is 0 Å². The highest BCUT2D eigenvalue weighted by molar-refractivity contribution is 7.85. The molecule has 1 rings (SSSR count). The van der Waals surface area contributed by atoms with Crippen LogP contribution < -0.4 is 0 Å². The molecule has 0 aliphatic heterocycles. The van der Waals surface area contributed by atoms with E-state index in [-0.39, 0.29) is 5.82 Å². The first-order valence-corrected chi connectivity index (χ1v) is 8.20. The molecular weight excluding hydrogens is 247 g/mol. The molecule has 0 radical (unpaired) electrons. The Labute approximate surface area is 112 Å². The van der Waals surface area contributed by atoms with Crippen molar-refractivity contribution < 1.29 is 8.60 Å². The van der Waals surface area contributed by atoms with Crippen molar-refractivity contribution in [3.63, 3.8) is 0 Å². The molecule has 18 heavy (non-hydrogen) atoms. The SMILES string of the molecule is CCCCCCCCCS(=O)c1ccc(F)cc1. The van der Waals surface area contributed by atoms with E-state index in [1.807, 2.05) is 0 Å². The van der Waals surface area contributed by atoms with Crippen LogP contribution >= 0.6 is 0 Å². The van der Waals surface area contributed by atoms with Gasteiger partial charge in [0.25, 0.3) is 0 Å². The van der Waals surface area contributed by atoms with Gasteiger partial charge in [0, 0.05) is 10.6 Å². The number of benzene rings is 1. The van der Waals surface area contributed by atoms with Crippen molar-refractivity contribution in [3.8, 4) is 0 Å². The van der Waals surface area contributed by atoms with Crippen LogP contribution in [-0.2, 0) is 10.8 Å². The molecule has 1 aromatic carbocycles. The molecule has 0 amide bonds. The molecule has 0 aliphatic carbocycles. The summed E-state index contributed by atoms with van der Waals surface area (Å²) in [6, 6.07) is 5.98. The quantitative estimate of drug-likeness (QED) is 0.595. The lowest BCUT2D eigenvalue weighted by Crippen LogP contribution is -1.98. The first-order valence-electron chi connectivity index (χ1n) is 6.88. The van der Waals surface area contributed by atoms with Gasteiger partial charge in [-0.1, -0.05) is 45.4 Å². The van der Waals surface area contributed by atoms with Crippen molar-refractivity contribution >= 4 is 10.8 Å². The van der Waals surface area contributed by atoms with Crippen LogP contribution in [0.2, 0.25) is 0 Å². The highest BCUT2D eigenvalue weighted by Crippen LogP contribution is 2.11. The van der Waals surface area contributed by atoms with Gasteiger partial charge in [-0.15, -0.1) is 0 Å². The lowest BCUT2D eigenvalue weighted by atomic mass is 10.1. The molecular formula is C15H23FOS. The Hall–Kier alpha value is -0.700. The van der Waals surface area contributed by atoms with Crippen molar-refractivity contribution in [3.05, 3.63) is 30.1 Å². The smallest absolute Gasteiger partial charge is 0.123 e. The van der Waals surface area contributed by atoms with Gasteiger partial charge in [-0.2, -0.15) is 0 Å². The predicted octanol–water partition coefficient (Wildman–Crippen LogP) is 4.68. The van der Waals surface area contributed by atoms with Gasteiger partial charge in [0.15, 0.2) is 0 Å². The molecule has 0 fully saturated rings. The lowest BCUT2D eigenvalue weighted by molar-refractivity contribution is 0.601. The van der Waals surface area contributed by atoms with Gasteiger partial charge in [-0.25, -0.2) is 4.39 Å². The maximum Gasteiger partial charge on any atom is 0.123 e. The fourth-order valence-electron chi connectivity index (χ4n) is 1.89. The zero-order valence-corrected chi connectivity index (χ0v) is 12.0. The highest BCUT2D eigenvalue weighted by atomic mass is 32.2. The minimum absolute atomic E-state index is 0.272. The summed E-state index contributed by atoms with van der Waals surface area (Å²) in [5.74, 6) is 0.422. The van der Waals surface area contributed by atoms with Gasteiger partial charge < -0.3 is 0 Å². The molecule has 0 spiro atoms. The number of halogens is 1. The van der Waals surface area contributed by atoms with E-state index < -0.39 is 10.8 Å². The molecule has 0 N–H and O–H groups in total. The van der Waals surface area contributed by atoms with E-state index in [0.717, 1.165) is 17.7 Å². The molecule has 0 saturated carbocycles. The van der Waals surface area contributed by atoms with Gasteiger partial charge >= 0.3 is 0 Å². The van der Waals surface area contributed by atoms with Crippen LogP contribution in [0.25, 0.3) is 0 Å². The maximum absolute atomic E-state index is 12.7. The molecule has 102 valence electrons. The minimum Gasteiger partial charge on any atom is -0.254 e. The lowest BCUT2D eigenvalue weighted by Gasteiger charge is -2.03. The predicted molar refractivity (Wildman–Crippen MR) is 75.7 cm³/mol. The molecule has 0 aromatic heterocycles. The molecule has 1 unspecified atom stereocenters. The number of hydrogen-bond acceptors (Lipinski definition) is 1. The second-order valence-electron chi connectivity index (χ2n) is 4.62. The van der Waals surface area contributed by atoms with Gasteiger partial charge in [-0.3, -0.25) is 4.21 Å². The third kappa shape index (κ3) is 6.29. The summed E-state index contributed by atoms with van der Waals surface area (Å²) in [5.41, 5.74) is 0. The Morgan fingerprint density at radius 3 is 2.11 bits per heavy atom. The second-order valence-corrected chi connectivity index (χ2v) is 6.20. The van der Waals surface area contributed by atoms with E-state index in [1.54, 1.807) is 12.1 Å². The monoisotopic (exact) mass is 270 g/mol. The van der Waals surface area contributed by atoms with Crippen LogP contribution in [0.4, 0.5) is 4.39 Å². The summed E-state index contributed by atoms with van der Waals surface area (Å²) in [5, 5.41) is 0. The third-order valence-corrected chi connectivity index (χ3v) is 4.47. The molecule has 0 aliphatic rings. The summed E-state index contributed by atoms with van der Waals surface area (Å²) >= 11 is 0. The Morgan fingerprint density at radius 2 is 1.50 bits per heavy atom. The van der Waals surface area contributed by atoms with Gasteiger partial charge in [-0.05, 0) is 30.7 Å². The van der Waals surface area contributed by atoms with Gasteiger partial charge in [0.05, 0.1) is 10.8 Å². The van der Waals surface area contributed by atoms with E-state index in [9.17, 15) is 8.60 Å². The topological polar surface area (TPSA) is 17.1 Å². The second kappa shape index (κ2) is 9.26. The Balaban J connectivity index is 2.12. The Kier molecular flexibility index (Phi) is 7.90. The average Bonchev–Trinajstić information content (AvgIpc) is 2.38. The molecule has 1 aromatic rings. The van der Waals surface area contributed by atoms with E-state index >= 15 is 0 Å². The first-order chi connectivity index (χ1) is 8.74. The minimum atomic E-state index is -0.967. The summed E-state index contributed by atoms with van der Waals surface area (Å²) in [7, 11) is -0.967. The molecule has 0 bridgehead atoms. The largest absolute Gasteiger partial charge is 0.254 e. The van der Waals surface area contributed by atoms with Crippen LogP contribution in [0.1, 0.15) is 51.9 Å². The fraction of sp³-hybridized carbons (Fsp3) is 0.600. The van der Waals surface area contributed by atoms with Crippen LogP contribution in [0.15, 0.2) is 29.2 Å². The van der Waals surface area contributed by atoms with E-state index in [4.69, 9.17) is 0 Å². The van der Waals surface area contributed by atoms with E-state index in [2.05, 4.69) is 6.92 Å². The van der Waals surface area contributed by atoms with Crippen LogP contribution in [0, 0.1) is 5.82 Å². The molecule has 3 heteroatoms. The van der Waals surface area contributed by atoms with Crippen molar-refractivity contribution in [1.29, 1.82) is 0 Å². The number of hydrogen-bond donors (Lipinski definition) is 0.